The predicted molar refractivity (Wildman–Crippen MR) is 81.7 cm³/mol. The molecule has 0 fully saturated rings. The van der Waals surface area contributed by atoms with Gasteiger partial charge in [-0.3, -0.25) is 4.79 Å². The van der Waals surface area contributed by atoms with Gasteiger partial charge in [0.1, 0.15) is 5.82 Å². The Morgan fingerprint density at radius 3 is 3.00 bits per heavy atom. The number of carbonyl (C=O) groups is 1. The fourth-order valence-electron chi connectivity index (χ4n) is 1.81. The van der Waals surface area contributed by atoms with E-state index < -0.39 is 11.7 Å². The Balaban J connectivity index is 1.90. The van der Waals surface area contributed by atoms with Gasteiger partial charge in [0.25, 0.3) is 5.91 Å². The maximum Gasteiger partial charge on any atom is 0.258 e. The molecule has 2 aromatic carbocycles. The lowest BCUT2D eigenvalue weighted by atomic mass is 10.2. The lowest BCUT2D eigenvalue weighted by Gasteiger charge is -2.07. The van der Waals surface area contributed by atoms with Crippen molar-refractivity contribution >= 4 is 49.1 Å². The Morgan fingerprint density at radius 2 is 2.15 bits per heavy atom. The fourth-order valence-corrected chi connectivity index (χ4v) is 2.89. The van der Waals surface area contributed by atoms with Crippen LogP contribution >= 0.6 is 27.3 Å². The van der Waals surface area contributed by atoms with Crippen LogP contribution in [0.2, 0.25) is 0 Å². The molecule has 3 rings (SSSR count). The maximum absolute atomic E-state index is 13.8. The van der Waals surface area contributed by atoms with Crippen molar-refractivity contribution in [2.45, 2.75) is 0 Å². The Bertz CT molecular complexity index is 803. The molecule has 0 aliphatic rings. The van der Waals surface area contributed by atoms with Gasteiger partial charge in [-0.25, -0.2) is 9.37 Å². The average Bonchev–Trinajstić information content (AvgIpc) is 2.89. The van der Waals surface area contributed by atoms with Gasteiger partial charge < -0.3 is 5.32 Å². The third-order valence-corrected chi connectivity index (χ3v) is 4.19. The summed E-state index contributed by atoms with van der Waals surface area (Å²) in [4.78, 5) is 16.2. The lowest BCUT2D eigenvalue weighted by Crippen LogP contribution is -2.13. The zero-order valence-electron chi connectivity index (χ0n) is 10.1. The number of amides is 1. The topological polar surface area (TPSA) is 42.0 Å². The highest BCUT2D eigenvalue weighted by molar-refractivity contribution is 9.10. The number of halogens is 2. The van der Waals surface area contributed by atoms with Crippen molar-refractivity contribution in [3.05, 3.63) is 57.8 Å². The van der Waals surface area contributed by atoms with Crippen molar-refractivity contribution in [2.75, 3.05) is 5.32 Å². The second kappa shape index (κ2) is 5.30. The summed E-state index contributed by atoms with van der Waals surface area (Å²) in [5.74, 6) is -1.04. The van der Waals surface area contributed by atoms with Crippen LogP contribution in [0, 0.1) is 5.82 Å². The quantitative estimate of drug-likeness (QED) is 0.741. The number of nitrogens with zero attached hydrogens (tertiary/aromatic N) is 1. The Kier molecular flexibility index (Phi) is 3.50. The molecule has 20 heavy (non-hydrogen) atoms. The molecule has 3 aromatic rings. The third-order valence-electron chi connectivity index (χ3n) is 2.79. The Morgan fingerprint density at radius 1 is 1.30 bits per heavy atom. The minimum Gasteiger partial charge on any atom is -0.322 e. The van der Waals surface area contributed by atoms with Crippen molar-refractivity contribution in [1.29, 1.82) is 0 Å². The second-order valence-electron chi connectivity index (χ2n) is 4.09. The van der Waals surface area contributed by atoms with Crippen LogP contribution in [0.15, 0.2) is 46.4 Å². The Hall–Kier alpha value is -1.79. The molecule has 0 radical (unpaired) electrons. The normalized spacial score (nSPS) is 10.7. The molecule has 3 nitrogen and oxygen atoms in total. The summed E-state index contributed by atoms with van der Waals surface area (Å²) in [6, 6.07) is 10.00. The summed E-state index contributed by atoms with van der Waals surface area (Å²) in [6.45, 7) is 0. The molecule has 0 saturated heterocycles. The summed E-state index contributed by atoms with van der Waals surface area (Å²) in [6.07, 6.45) is 0. The van der Waals surface area contributed by atoms with E-state index in [1.807, 2.05) is 12.1 Å². The molecule has 1 aromatic heterocycles. The van der Waals surface area contributed by atoms with Crippen molar-refractivity contribution in [1.82, 2.24) is 4.98 Å². The van der Waals surface area contributed by atoms with Crippen LogP contribution in [0.3, 0.4) is 0 Å². The monoisotopic (exact) mass is 350 g/mol. The first-order valence-electron chi connectivity index (χ1n) is 5.74. The maximum atomic E-state index is 13.8. The standard InChI is InChI=1S/C14H8BrFN2OS/c15-10-3-1-2-9(13(10)16)14(19)18-8-4-5-11-12(6-8)20-7-17-11/h1-7H,(H,18,19). The molecular formula is C14H8BrFN2OS. The minimum atomic E-state index is -0.566. The van der Waals surface area contributed by atoms with E-state index >= 15 is 0 Å². The zero-order valence-corrected chi connectivity index (χ0v) is 12.5. The van der Waals surface area contributed by atoms with Gasteiger partial charge in [0.05, 0.1) is 25.8 Å². The van der Waals surface area contributed by atoms with Gasteiger partial charge in [-0.15, -0.1) is 11.3 Å². The van der Waals surface area contributed by atoms with Crippen LogP contribution in [0.5, 0.6) is 0 Å². The van der Waals surface area contributed by atoms with E-state index in [1.165, 1.54) is 17.4 Å². The van der Waals surface area contributed by atoms with E-state index in [1.54, 1.807) is 23.7 Å². The van der Waals surface area contributed by atoms with Crippen molar-refractivity contribution in [3.63, 3.8) is 0 Å². The molecule has 0 unspecified atom stereocenters. The molecule has 6 heteroatoms. The van der Waals surface area contributed by atoms with Crippen LogP contribution < -0.4 is 5.32 Å². The van der Waals surface area contributed by atoms with Crippen molar-refractivity contribution in [2.24, 2.45) is 0 Å². The first-order chi connectivity index (χ1) is 9.65. The van der Waals surface area contributed by atoms with Crippen molar-refractivity contribution in [3.8, 4) is 0 Å². The predicted octanol–water partition coefficient (Wildman–Crippen LogP) is 4.45. The van der Waals surface area contributed by atoms with Gasteiger partial charge in [0.2, 0.25) is 0 Å². The summed E-state index contributed by atoms with van der Waals surface area (Å²) in [7, 11) is 0. The molecule has 0 saturated carbocycles. The number of hydrogen-bond acceptors (Lipinski definition) is 3. The van der Waals surface area contributed by atoms with E-state index in [0.29, 0.717) is 5.69 Å². The number of anilines is 1. The highest BCUT2D eigenvalue weighted by Gasteiger charge is 2.14. The highest BCUT2D eigenvalue weighted by atomic mass is 79.9. The van der Waals surface area contributed by atoms with E-state index in [2.05, 4.69) is 26.2 Å². The number of carbonyl (C=O) groups excluding carboxylic acids is 1. The SMILES string of the molecule is O=C(Nc1ccc2ncsc2c1)c1cccc(Br)c1F. The largest absolute Gasteiger partial charge is 0.322 e. The molecule has 1 heterocycles. The molecule has 0 aliphatic carbocycles. The van der Waals surface area contributed by atoms with Crippen LogP contribution in [-0.2, 0) is 0 Å². The second-order valence-corrected chi connectivity index (χ2v) is 5.83. The lowest BCUT2D eigenvalue weighted by molar-refractivity contribution is 0.102. The summed E-state index contributed by atoms with van der Waals surface area (Å²) >= 11 is 4.55. The summed E-state index contributed by atoms with van der Waals surface area (Å²) in [5, 5.41) is 2.69. The molecule has 0 spiro atoms. The molecule has 0 bridgehead atoms. The van der Waals surface area contributed by atoms with Gasteiger partial charge in [-0.05, 0) is 46.3 Å². The number of aromatic nitrogens is 1. The molecule has 100 valence electrons. The number of thiazole rings is 1. The molecular weight excluding hydrogens is 343 g/mol. The minimum absolute atomic E-state index is 0.00350. The zero-order chi connectivity index (χ0) is 14.1. The van der Waals surface area contributed by atoms with Gasteiger partial charge in [0.15, 0.2) is 0 Å². The number of nitrogens with one attached hydrogen (secondary N) is 1. The van der Waals surface area contributed by atoms with Crippen LogP contribution in [-0.4, -0.2) is 10.9 Å². The van der Waals surface area contributed by atoms with Crippen LogP contribution in [0.4, 0.5) is 10.1 Å². The van der Waals surface area contributed by atoms with Crippen LogP contribution in [0.25, 0.3) is 10.2 Å². The molecule has 1 amide bonds. The van der Waals surface area contributed by atoms with Crippen molar-refractivity contribution < 1.29 is 9.18 Å². The summed E-state index contributed by atoms with van der Waals surface area (Å²) < 4.78 is 15.1. The van der Waals surface area contributed by atoms with E-state index in [4.69, 9.17) is 0 Å². The molecule has 1 N–H and O–H groups in total. The molecule has 0 atom stereocenters. The van der Waals surface area contributed by atoms with Gasteiger partial charge in [0, 0.05) is 5.69 Å². The number of fused-ring (bicyclic) bond motifs is 1. The molecule has 0 aliphatic heterocycles. The first-order valence-corrected chi connectivity index (χ1v) is 7.41. The summed E-state index contributed by atoms with van der Waals surface area (Å²) in [5.41, 5.74) is 3.24. The Labute approximate surface area is 126 Å². The number of benzene rings is 2. The average molecular weight is 351 g/mol. The third kappa shape index (κ3) is 2.44. The number of hydrogen-bond donors (Lipinski definition) is 1. The number of rotatable bonds is 2. The highest BCUT2D eigenvalue weighted by Crippen LogP contribution is 2.23. The fraction of sp³-hybridized carbons (Fsp3) is 0. The van der Waals surface area contributed by atoms with E-state index in [0.717, 1.165) is 10.2 Å². The van der Waals surface area contributed by atoms with Gasteiger partial charge in [-0.2, -0.15) is 0 Å². The van der Waals surface area contributed by atoms with Gasteiger partial charge >= 0.3 is 0 Å². The van der Waals surface area contributed by atoms with Gasteiger partial charge in [-0.1, -0.05) is 6.07 Å². The first kappa shape index (κ1) is 13.2. The van der Waals surface area contributed by atoms with E-state index in [9.17, 15) is 9.18 Å². The van der Waals surface area contributed by atoms with Crippen LogP contribution in [0.1, 0.15) is 10.4 Å². The van der Waals surface area contributed by atoms with E-state index in [-0.39, 0.29) is 10.0 Å². The smallest absolute Gasteiger partial charge is 0.258 e.